The number of rotatable bonds is 3. The molecule has 0 aromatic heterocycles. The van der Waals surface area contributed by atoms with Gasteiger partial charge in [0.25, 0.3) is 0 Å². The van der Waals surface area contributed by atoms with Crippen molar-refractivity contribution in [2.24, 2.45) is 0 Å². The van der Waals surface area contributed by atoms with Gasteiger partial charge in [-0.2, -0.15) is 0 Å². The zero-order valence-corrected chi connectivity index (χ0v) is 16.9. The predicted octanol–water partition coefficient (Wildman–Crippen LogP) is -1.09. The summed E-state index contributed by atoms with van der Waals surface area (Å²) in [4.78, 5) is 0. The first kappa shape index (κ1) is 21.8. The third-order valence-corrected chi connectivity index (χ3v) is 4.32. The summed E-state index contributed by atoms with van der Waals surface area (Å²) in [6.45, 7) is 10.9. The molecule has 0 bridgehead atoms. The summed E-state index contributed by atoms with van der Waals surface area (Å²) in [7, 11) is 0. The van der Waals surface area contributed by atoms with Crippen molar-refractivity contribution in [2.75, 3.05) is 0 Å². The zero-order chi connectivity index (χ0) is 15.0. The van der Waals surface area contributed by atoms with Crippen molar-refractivity contribution in [3.05, 3.63) is 51.4 Å². The average molecular weight is 374 g/mol. The molecule has 0 amide bonds. The Bertz CT molecular complexity index is 569. The van der Waals surface area contributed by atoms with E-state index in [9.17, 15) is 0 Å². The minimum absolute atomic E-state index is 0. The van der Waals surface area contributed by atoms with Crippen molar-refractivity contribution in [1.82, 2.24) is 0 Å². The van der Waals surface area contributed by atoms with Gasteiger partial charge in [-0.15, -0.1) is 0 Å². The van der Waals surface area contributed by atoms with Crippen molar-refractivity contribution in [3.63, 3.8) is 0 Å². The van der Waals surface area contributed by atoms with Crippen LogP contribution in [0.15, 0.2) is 45.9 Å². The van der Waals surface area contributed by atoms with Gasteiger partial charge in [0.1, 0.15) is 0 Å². The van der Waals surface area contributed by atoms with E-state index in [1.807, 2.05) is 6.07 Å². The van der Waals surface area contributed by atoms with Crippen LogP contribution < -0.4 is 29.6 Å². The van der Waals surface area contributed by atoms with Gasteiger partial charge in [-0.05, 0) is 0 Å². The van der Waals surface area contributed by atoms with Crippen molar-refractivity contribution < 1.29 is 50.0 Å². The fourth-order valence-corrected chi connectivity index (χ4v) is 3.44. The molecule has 4 heteroatoms. The fraction of sp³-hybridized carbons (Fsp3) is 0.444. The molecular formula is C18H23Cl2OTi. The maximum absolute atomic E-state index is 6.17. The van der Waals surface area contributed by atoms with Crippen LogP contribution >= 0.6 is 0 Å². The smallest absolute Gasteiger partial charge is 1.00 e. The third-order valence-electron chi connectivity index (χ3n) is 3.58. The normalized spacial score (nSPS) is 14.5. The summed E-state index contributed by atoms with van der Waals surface area (Å²) in [5, 5.41) is 0. The largest absolute Gasteiger partial charge is 1.00 e. The van der Waals surface area contributed by atoms with Gasteiger partial charge in [0, 0.05) is 0 Å². The van der Waals surface area contributed by atoms with E-state index in [2.05, 4.69) is 85.4 Å². The molecule has 0 saturated heterocycles. The monoisotopic (exact) mass is 373 g/mol. The molecule has 0 atom stereocenters. The maximum atomic E-state index is 6.17. The van der Waals surface area contributed by atoms with Gasteiger partial charge in [0.15, 0.2) is 0 Å². The van der Waals surface area contributed by atoms with Crippen molar-refractivity contribution >= 4 is 0 Å². The first-order valence-corrected chi connectivity index (χ1v) is 7.90. The average Bonchev–Trinajstić information content (AvgIpc) is 2.74. The molecule has 2 rings (SSSR count). The summed E-state index contributed by atoms with van der Waals surface area (Å²) in [6.07, 6.45) is 5.59. The van der Waals surface area contributed by atoms with Gasteiger partial charge < -0.3 is 24.8 Å². The van der Waals surface area contributed by atoms with E-state index < -0.39 is 0 Å². The predicted molar refractivity (Wildman–Crippen MR) is 80.6 cm³/mol. The second kappa shape index (κ2) is 8.06. The van der Waals surface area contributed by atoms with Crippen molar-refractivity contribution in [1.29, 1.82) is 0 Å². The maximum Gasteiger partial charge on any atom is -1.00 e. The van der Waals surface area contributed by atoms with Gasteiger partial charge in [0.05, 0.1) is 0 Å². The Hall–Kier alpha value is -0.206. The first-order valence-electron chi connectivity index (χ1n) is 7.12. The summed E-state index contributed by atoms with van der Waals surface area (Å²) >= 11 is 2.23. The molecule has 0 aliphatic heterocycles. The summed E-state index contributed by atoms with van der Waals surface area (Å²) < 4.78 is 7.63. The van der Waals surface area contributed by atoms with Gasteiger partial charge in [-0.1, -0.05) is 0 Å². The molecule has 1 aliphatic rings. The van der Waals surface area contributed by atoms with Crippen LogP contribution in [-0.4, -0.2) is 5.60 Å². The van der Waals surface area contributed by atoms with Crippen molar-refractivity contribution in [3.8, 4) is 5.75 Å². The molecule has 1 nitrogen and oxygen atoms in total. The van der Waals surface area contributed by atoms with E-state index in [0.717, 1.165) is 12.2 Å². The number of ether oxygens (including phenoxy) is 1. The Morgan fingerprint density at radius 3 is 2.09 bits per heavy atom. The Morgan fingerprint density at radius 2 is 1.59 bits per heavy atom. The molecule has 0 unspecified atom stereocenters. The van der Waals surface area contributed by atoms with Gasteiger partial charge >= 0.3 is 134 Å². The third kappa shape index (κ3) is 4.89. The van der Waals surface area contributed by atoms with Crippen LogP contribution in [0.5, 0.6) is 5.75 Å². The second-order valence-corrected chi connectivity index (χ2v) is 7.78. The molecule has 0 spiro atoms. The molecule has 1 aliphatic carbocycles. The van der Waals surface area contributed by atoms with E-state index >= 15 is 0 Å². The number of hydrogen-bond acceptors (Lipinski definition) is 1. The van der Waals surface area contributed by atoms with Crippen LogP contribution in [0.25, 0.3) is 0 Å². The molecule has 0 fully saturated rings. The Morgan fingerprint density at radius 1 is 1.00 bits per heavy atom. The van der Waals surface area contributed by atoms with Crippen LogP contribution in [0, 0.1) is 0 Å². The molecule has 0 saturated carbocycles. The molecule has 0 heterocycles. The van der Waals surface area contributed by atoms with E-state index in [-0.39, 0.29) is 35.8 Å². The summed E-state index contributed by atoms with van der Waals surface area (Å²) in [5.41, 5.74) is 2.47. The topological polar surface area (TPSA) is 9.23 Å². The van der Waals surface area contributed by atoms with Crippen LogP contribution in [0.2, 0.25) is 0 Å². The molecule has 119 valence electrons. The van der Waals surface area contributed by atoms with Crippen LogP contribution in [0.1, 0.15) is 46.6 Å². The van der Waals surface area contributed by atoms with E-state index in [4.69, 9.17) is 4.74 Å². The standard InChI is InChI=1S/C18H23O.2ClH.Ti/c1-17(2,3)19-16-13-9-8-12-15(16)18(4,5)14-10-6-7-11-14;;;/h6,8-10,12-13H,7H2,1-5H3;2*1H;/q;;;+2/p-2. The van der Waals surface area contributed by atoms with Crippen LogP contribution in [0.3, 0.4) is 0 Å². The quantitative estimate of drug-likeness (QED) is 0.612. The molecule has 0 N–H and O–H groups in total. The fourth-order valence-electron chi connectivity index (χ4n) is 2.64. The van der Waals surface area contributed by atoms with E-state index in [0.29, 0.717) is 0 Å². The zero-order valence-electron chi connectivity index (χ0n) is 13.8. The minimum atomic E-state index is -0.179. The Labute approximate surface area is 158 Å². The van der Waals surface area contributed by atoms with Gasteiger partial charge in [-0.3, -0.25) is 0 Å². The van der Waals surface area contributed by atoms with Gasteiger partial charge in [-0.25, -0.2) is 0 Å². The van der Waals surface area contributed by atoms with E-state index in [1.54, 1.807) is 0 Å². The second-order valence-electron chi connectivity index (χ2n) is 6.83. The SMILES string of the molecule is CC(C)(C)Oc1ccccc1C(C)(C)C1=[C]([Ti+2])CC=C1.[Cl-].[Cl-]. The van der Waals surface area contributed by atoms with Gasteiger partial charge in [0.2, 0.25) is 0 Å². The summed E-state index contributed by atoms with van der Waals surface area (Å²) in [5.74, 6) is 0.991. The number of hydrogen-bond donors (Lipinski definition) is 0. The number of para-hydroxylation sites is 1. The van der Waals surface area contributed by atoms with Crippen LogP contribution in [0.4, 0.5) is 0 Å². The minimum Gasteiger partial charge on any atom is -1.00 e. The number of halogens is 2. The molecule has 22 heavy (non-hydrogen) atoms. The number of allylic oxidation sites excluding steroid dienone is 4. The van der Waals surface area contributed by atoms with Crippen LogP contribution in [-0.2, 0) is 25.9 Å². The van der Waals surface area contributed by atoms with E-state index in [1.165, 1.54) is 15.0 Å². The molecule has 0 radical (unpaired) electrons. The number of benzene rings is 1. The molecule has 1 aromatic carbocycles. The Kier molecular flexibility index (Phi) is 7.98. The van der Waals surface area contributed by atoms with Crippen molar-refractivity contribution in [2.45, 2.75) is 52.1 Å². The first-order chi connectivity index (χ1) is 9.22. The molecule has 1 aromatic rings. The Balaban J connectivity index is 0.00000220. The summed E-state index contributed by atoms with van der Waals surface area (Å²) in [6, 6.07) is 8.41. The molecular weight excluding hydrogens is 351 g/mol.